The third-order valence-corrected chi connectivity index (χ3v) is 5.94. The quantitative estimate of drug-likeness (QED) is 0.369. The van der Waals surface area contributed by atoms with Crippen LogP contribution in [0.2, 0.25) is 25.2 Å². The predicted molar refractivity (Wildman–Crippen MR) is 86.2 cm³/mol. The summed E-state index contributed by atoms with van der Waals surface area (Å²) in [5, 5.41) is 9.17. The third kappa shape index (κ3) is 8.37. The number of nitrogens with zero attached hydrogens (tertiary/aromatic N) is 1. The first-order valence-electron chi connectivity index (χ1n) is 7.66. The lowest BCUT2D eigenvalue weighted by Crippen LogP contribution is -2.27. The molecule has 0 aliphatic heterocycles. The fraction of sp³-hybridized carbons (Fsp3) is 0.875. The number of ether oxygens (including phenoxy) is 1. The molecule has 0 fully saturated rings. The molecule has 0 saturated heterocycles. The minimum atomic E-state index is -1.33. The maximum absolute atomic E-state index is 11.5. The number of nitriles is 1. The third-order valence-electron chi connectivity index (χ3n) is 3.43. The molecule has 0 aromatic heterocycles. The van der Waals surface area contributed by atoms with E-state index in [4.69, 9.17) is 10.00 Å². The Morgan fingerprint density at radius 3 is 2.15 bits per heavy atom. The highest BCUT2D eigenvalue weighted by Gasteiger charge is 2.25. The summed E-state index contributed by atoms with van der Waals surface area (Å²) >= 11 is 0. The van der Waals surface area contributed by atoms with Gasteiger partial charge in [-0.15, -0.1) is 0 Å². The zero-order valence-corrected chi connectivity index (χ0v) is 15.1. The van der Waals surface area contributed by atoms with Crippen molar-refractivity contribution in [2.45, 2.75) is 78.1 Å². The maximum atomic E-state index is 11.5. The number of hydrogen-bond acceptors (Lipinski definition) is 3. The van der Waals surface area contributed by atoms with E-state index in [1.807, 2.05) is 20.8 Å². The molecule has 1 unspecified atom stereocenters. The number of hydrogen-bond donors (Lipinski definition) is 0. The van der Waals surface area contributed by atoms with Crippen LogP contribution in [0.15, 0.2) is 0 Å². The average Bonchev–Trinajstić information content (AvgIpc) is 2.29. The fourth-order valence-corrected chi connectivity index (χ4v) is 3.33. The summed E-state index contributed by atoms with van der Waals surface area (Å²) in [7, 11) is -1.33. The van der Waals surface area contributed by atoms with Crippen molar-refractivity contribution in [3.05, 3.63) is 0 Å². The molecule has 0 aliphatic rings. The zero-order chi connectivity index (χ0) is 15.8. The van der Waals surface area contributed by atoms with Crippen molar-refractivity contribution < 1.29 is 9.53 Å². The van der Waals surface area contributed by atoms with E-state index in [-0.39, 0.29) is 11.5 Å². The highest BCUT2D eigenvalue weighted by Crippen LogP contribution is 2.26. The van der Waals surface area contributed by atoms with Gasteiger partial charge in [-0.05, 0) is 33.6 Å². The van der Waals surface area contributed by atoms with Gasteiger partial charge in [-0.2, -0.15) is 5.26 Å². The highest BCUT2D eigenvalue weighted by molar-refractivity contribution is 6.78. The molecule has 0 saturated carbocycles. The molecule has 0 aliphatic carbocycles. The molecule has 0 radical (unpaired) electrons. The van der Waals surface area contributed by atoms with E-state index < -0.39 is 13.5 Å². The van der Waals surface area contributed by atoms with Gasteiger partial charge in [0.2, 0.25) is 0 Å². The lowest BCUT2D eigenvalue weighted by Gasteiger charge is -2.22. The van der Waals surface area contributed by atoms with Crippen LogP contribution in [0.25, 0.3) is 0 Å². The number of carbonyl (C=O) groups is 1. The van der Waals surface area contributed by atoms with Gasteiger partial charge in [0.1, 0.15) is 0 Å². The van der Waals surface area contributed by atoms with Crippen LogP contribution < -0.4 is 0 Å². The molecule has 0 aromatic carbocycles. The maximum Gasteiger partial charge on any atom is 0.311 e. The summed E-state index contributed by atoms with van der Waals surface area (Å²) < 4.78 is 5.23. The Kier molecular flexibility index (Phi) is 8.11. The normalized spacial score (nSPS) is 13.7. The largest absolute Gasteiger partial charge is 0.465 e. The second-order valence-corrected chi connectivity index (χ2v) is 13.1. The van der Waals surface area contributed by atoms with Gasteiger partial charge < -0.3 is 4.74 Å². The van der Waals surface area contributed by atoms with Crippen molar-refractivity contribution in [2.24, 2.45) is 5.41 Å². The van der Waals surface area contributed by atoms with E-state index in [9.17, 15) is 4.79 Å². The van der Waals surface area contributed by atoms with Gasteiger partial charge in [0.15, 0.2) is 0 Å². The molecule has 0 rings (SSSR count). The lowest BCUT2D eigenvalue weighted by atomic mass is 9.97. The Morgan fingerprint density at radius 2 is 1.70 bits per heavy atom. The number of esters is 1. The molecular formula is C16H31NO2Si. The van der Waals surface area contributed by atoms with Crippen LogP contribution in [-0.4, -0.2) is 20.7 Å². The van der Waals surface area contributed by atoms with Crippen molar-refractivity contribution in [1.29, 1.82) is 5.26 Å². The van der Waals surface area contributed by atoms with Crippen LogP contribution in [0.5, 0.6) is 0 Å². The summed E-state index contributed by atoms with van der Waals surface area (Å²) in [5.41, 5.74) is -0.140. The van der Waals surface area contributed by atoms with Crippen LogP contribution in [0.4, 0.5) is 0 Å². The smallest absolute Gasteiger partial charge is 0.311 e. The van der Waals surface area contributed by atoms with Crippen molar-refractivity contribution in [1.82, 2.24) is 0 Å². The van der Waals surface area contributed by atoms with Crippen molar-refractivity contribution in [2.75, 3.05) is 6.61 Å². The molecule has 116 valence electrons. The summed E-state index contributed by atoms with van der Waals surface area (Å²) in [6, 6.07) is 2.47. The Balaban J connectivity index is 3.65. The van der Waals surface area contributed by atoms with Gasteiger partial charge in [0, 0.05) is 5.54 Å². The van der Waals surface area contributed by atoms with Crippen LogP contribution in [-0.2, 0) is 9.53 Å². The summed E-state index contributed by atoms with van der Waals surface area (Å²) in [5.74, 6) is -0.124. The van der Waals surface area contributed by atoms with E-state index in [2.05, 4.69) is 25.7 Å². The molecule has 0 spiro atoms. The van der Waals surface area contributed by atoms with E-state index in [1.54, 1.807) is 0 Å². The van der Waals surface area contributed by atoms with Gasteiger partial charge in [0.05, 0.1) is 26.2 Å². The van der Waals surface area contributed by atoms with E-state index in [1.165, 1.54) is 0 Å². The summed E-state index contributed by atoms with van der Waals surface area (Å²) in [6.45, 7) is 12.9. The number of rotatable bonds is 8. The second-order valence-electron chi connectivity index (χ2n) is 7.64. The van der Waals surface area contributed by atoms with Crippen LogP contribution in [0, 0.1) is 16.7 Å². The molecule has 0 heterocycles. The van der Waals surface area contributed by atoms with Crippen LogP contribution in [0.3, 0.4) is 0 Å². The minimum absolute atomic E-state index is 0.124. The van der Waals surface area contributed by atoms with E-state index in [0.29, 0.717) is 6.61 Å². The first kappa shape index (κ1) is 19.2. The second kappa shape index (κ2) is 8.46. The van der Waals surface area contributed by atoms with Gasteiger partial charge in [-0.1, -0.05) is 38.9 Å². The topological polar surface area (TPSA) is 50.1 Å². The van der Waals surface area contributed by atoms with Crippen LogP contribution >= 0.6 is 0 Å². The lowest BCUT2D eigenvalue weighted by molar-refractivity contribution is -0.153. The Bertz CT molecular complexity index is 334. The fourth-order valence-electron chi connectivity index (χ4n) is 1.88. The van der Waals surface area contributed by atoms with Crippen molar-refractivity contribution in [3.63, 3.8) is 0 Å². The molecule has 0 N–H and O–H groups in total. The van der Waals surface area contributed by atoms with Crippen molar-refractivity contribution >= 4 is 14.0 Å². The molecule has 0 aromatic rings. The summed E-state index contributed by atoms with van der Waals surface area (Å²) in [6.07, 6.45) is 5.24. The minimum Gasteiger partial charge on any atom is -0.465 e. The molecule has 3 nitrogen and oxygen atoms in total. The van der Waals surface area contributed by atoms with Gasteiger partial charge >= 0.3 is 5.97 Å². The Hall–Kier alpha value is -0.823. The zero-order valence-electron chi connectivity index (χ0n) is 14.1. The molecule has 0 amide bonds. The Morgan fingerprint density at radius 1 is 1.15 bits per heavy atom. The van der Waals surface area contributed by atoms with Gasteiger partial charge in [0.25, 0.3) is 0 Å². The van der Waals surface area contributed by atoms with Crippen molar-refractivity contribution in [3.8, 4) is 6.07 Å². The molecular weight excluding hydrogens is 266 g/mol. The number of unbranched alkanes of at least 4 members (excludes halogenated alkanes) is 3. The Labute approximate surface area is 125 Å². The molecule has 4 heteroatoms. The molecule has 1 atom stereocenters. The summed E-state index contributed by atoms with van der Waals surface area (Å²) in [4.78, 5) is 11.5. The molecule has 20 heavy (non-hydrogen) atoms. The SMILES string of the molecule is CC(C)(C)C(=O)OCCCCCCC(C#N)[Si](C)(C)C. The predicted octanol–water partition coefficient (Wildman–Crippen LogP) is 4.76. The van der Waals surface area contributed by atoms with E-state index >= 15 is 0 Å². The highest BCUT2D eigenvalue weighted by atomic mass is 28.3. The monoisotopic (exact) mass is 297 g/mol. The first-order chi connectivity index (χ1) is 9.09. The average molecular weight is 298 g/mol. The first-order valence-corrected chi connectivity index (χ1v) is 11.2. The standard InChI is InChI=1S/C16H31NO2Si/c1-16(2,3)15(18)19-12-10-8-7-9-11-14(13-17)20(4,5)6/h14H,7-12H2,1-6H3. The van der Waals surface area contributed by atoms with E-state index in [0.717, 1.165) is 32.1 Å². The van der Waals surface area contributed by atoms with Gasteiger partial charge in [-0.3, -0.25) is 4.79 Å². The number of carbonyl (C=O) groups excluding carboxylic acids is 1. The van der Waals surface area contributed by atoms with Gasteiger partial charge in [-0.25, -0.2) is 0 Å². The van der Waals surface area contributed by atoms with Crippen LogP contribution in [0.1, 0.15) is 52.9 Å². The molecule has 0 bridgehead atoms.